The predicted octanol–water partition coefficient (Wildman–Crippen LogP) is 3.76. The third kappa shape index (κ3) is 3.53. The van der Waals surface area contributed by atoms with Crippen LogP contribution in [0.15, 0.2) is 54.7 Å². The van der Waals surface area contributed by atoms with Crippen molar-refractivity contribution < 1.29 is 9.59 Å². The molecule has 2 aromatic carbocycles. The summed E-state index contributed by atoms with van der Waals surface area (Å²) in [6.07, 6.45) is 1.86. The standard InChI is InChI=1S/C22H22N4O2/c1-14-8-9-15(2)19(10-14)24-20(27)11-17-13-26-21(25-22(17)28)18(12-23-26)16-6-4-3-5-7-16/h3-10,12,17H,11,13H2,1-2H3,(H,24,27)(H,25,28)/t17-/m0/s1. The highest BCUT2D eigenvalue weighted by molar-refractivity contribution is 6.00. The molecule has 4 rings (SSSR count). The van der Waals surface area contributed by atoms with E-state index in [2.05, 4.69) is 15.7 Å². The molecule has 0 fully saturated rings. The first-order chi connectivity index (χ1) is 13.5. The van der Waals surface area contributed by atoms with E-state index in [1.807, 2.05) is 62.4 Å². The molecular formula is C22H22N4O2. The van der Waals surface area contributed by atoms with Crippen LogP contribution in [0.1, 0.15) is 17.5 Å². The number of nitrogens with zero attached hydrogens (tertiary/aromatic N) is 2. The molecule has 142 valence electrons. The van der Waals surface area contributed by atoms with Crippen LogP contribution in [0.5, 0.6) is 0 Å². The Hall–Kier alpha value is -3.41. The van der Waals surface area contributed by atoms with Gasteiger partial charge in [0, 0.05) is 17.7 Å². The summed E-state index contributed by atoms with van der Waals surface area (Å²) in [5, 5.41) is 10.3. The molecule has 6 heteroatoms. The molecule has 2 N–H and O–H groups in total. The molecule has 0 spiro atoms. The van der Waals surface area contributed by atoms with E-state index in [9.17, 15) is 9.59 Å². The maximum absolute atomic E-state index is 12.6. The molecule has 0 aliphatic carbocycles. The van der Waals surface area contributed by atoms with Crippen molar-refractivity contribution in [3.05, 3.63) is 65.9 Å². The number of nitrogens with one attached hydrogen (secondary N) is 2. The number of benzene rings is 2. The summed E-state index contributed by atoms with van der Waals surface area (Å²) in [6.45, 7) is 4.31. The maximum Gasteiger partial charge on any atom is 0.231 e. The van der Waals surface area contributed by atoms with Gasteiger partial charge in [0.05, 0.1) is 18.7 Å². The molecule has 2 heterocycles. The molecule has 0 saturated carbocycles. The Bertz CT molecular complexity index is 1040. The van der Waals surface area contributed by atoms with Crippen molar-refractivity contribution in [2.24, 2.45) is 5.92 Å². The third-order valence-corrected chi connectivity index (χ3v) is 5.03. The van der Waals surface area contributed by atoms with E-state index in [0.717, 1.165) is 27.9 Å². The van der Waals surface area contributed by atoms with E-state index in [1.165, 1.54) is 0 Å². The number of aryl methyl sites for hydroxylation is 2. The van der Waals surface area contributed by atoms with E-state index in [1.54, 1.807) is 10.9 Å². The Morgan fingerprint density at radius 3 is 2.79 bits per heavy atom. The van der Waals surface area contributed by atoms with Gasteiger partial charge >= 0.3 is 0 Å². The first-order valence-corrected chi connectivity index (χ1v) is 9.30. The molecule has 0 bridgehead atoms. The van der Waals surface area contributed by atoms with E-state index < -0.39 is 5.92 Å². The fourth-order valence-electron chi connectivity index (χ4n) is 3.45. The molecule has 1 aromatic heterocycles. The van der Waals surface area contributed by atoms with E-state index in [0.29, 0.717) is 12.4 Å². The van der Waals surface area contributed by atoms with Crippen molar-refractivity contribution in [3.63, 3.8) is 0 Å². The number of fused-ring (bicyclic) bond motifs is 1. The highest BCUT2D eigenvalue weighted by Crippen LogP contribution is 2.32. The molecule has 1 aliphatic heterocycles. The fourth-order valence-corrected chi connectivity index (χ4v) is 3.45. The zero-order valence-corrected chi connectivity index (χ0v) is 15.9. The molecule has 2 amide bonds. The Balaban J connectivity index is 1.48. The molecule has 0 radical (unpaired) electrons. The second-order valence-electron chi connectivity index (χ2n) is 7.21. The molecule has 3 aromatic rings. The van der Waals surface area contributed by atoms with Crippen LogP contribution in [0.3, 0.4) is 0 Å². The van der Waals surface area contributed by atoms with Crippen molar-refractivity contribution in [2.75, 3.05) is 10.6 Å². The van der Waals surface area contributed by atoms with Crippen molar-refractivity contribution in [1.29, 1.82) is 0 Å². The van der Waals surface area contributed by atoms with Gasteiger partial charge in [-0.1, -0.05) is 42.5 Å². The van der Waals surface area contributed by atoms with Gasteiger partial charge in [0.2, 0.25) is 11.8 Å². The average Bonchev–Trinajstić information content (AvgIpc) is 3.08. The normalized spacial score (nSPS) is 15.6. The Labute approximate surface area is 163 Å². The number of carbonyl (C=O) groups is 2. The Morgan fingerprint density at radius 2 is 2.00 bits per heavy atom. The number of hydrogen-bond acceptors (Lipinski definition) is 3. The first kappa shape index (κ1) is 18.0. The zero-order chi connectivity index (χ0) is 19.7. The van der Waals surface area contributed by atoms with Crippen LogP contribution in [-0.2, 0) is 16.1 Å². The van der Waals surface area contributed by atoms with Gasteiger partial charge in [0.1, 0.15) is 5.82 Å². The van der Waals surface area contributed by atoms with Crippen molar-refractivity contribution in [3.8, 4) is 11.1 Å². The lowest BCUT2D eigenvalue weighted by Crippen LogP contribution is -2.36. The lowest BCUT2D eigenvalue weighted by molar-refractivity contribution is -0.125. The largest absolute Gasteiger partial charge is 0.326 e. The van der Waals surface area contributed by atoms with Gasteiger partial charge < -0.3 is 10.6 Å². The summed E-state index contributed by atoms with van der Waals surface area (Å²) in [4.78, 5) is 25.1. The van der Waals surface area contributed by atoms with Gasteiger partial charge in [0.25, 0.3) is 0 Å². The van der Waals surface area contributed by atoms with Crippen LogP contribution >= 0.6 is 0 Å². The second-order valence-corrected chi connectivity index (χ2v) is 7.21. The van der Waals surface area contributed by atoms with Crippen molar-refractivity contribution >= 4 is 23.3 Å². The summed E-state index contributed by atoms with van der Waals surface area (Å²) < 4.78 is 1.76. The van der Waals surface area contributed by atoms with Crippen molar-refractivity contribution in [1.82, 2.24) is 9.78 Å². The van der Waals surface area contributed by atoms with E-state index >= 15 is 0 Å². The minimum absolute atomic E-state index is 0.110. The van der Waals surface area contributed by atoms with E-state index in [-0.39, 0.29) is 18.2 Å². The monoisotopic (exact) mass is 374 g/mol. The second kappa shape index (κ2) is 7.31. The quantitative estimate of drug-likeness (QED) is 0.730. The molecule has 1 aliphatic rings. The van der Waals surface area contributed by atoms with Gasteiger partial charge in [-0.25, -0.2) is 4.68 Å². The number of aromatic nitrogens is 2. The van der Waals surface area contributed by atoms with Gasteiger partial charge in [0.15, 0.2) is 0 Å². The SMILES string of the molecule is Cc1ccc(C)c(NC(=O)C[C@H]2Cn3ncc(-c4ccccc4)c3NC2=O)c1. The molecule has 28 heavy (non-hydrogen) atoms. The Morgan fingerprint density at radius 1 is 1.21 bits per heavy atom. The molecular weight excluding hydrogens is 352 g/mol. The number of rotatable bonds is 4. The predicted molar refractivity (Wildman–Crippen MR) is 109 cm³/mol. The summed E-state index contributed by atoms with van der Waals surface area (Å²) in [5.41, 5.74) is 4.73. The zero-order valence-electron chi connectivity index (χ0n) is 15.9. The molecule has 0 unspecified atom stereocenters. The fraction of sp³-hybridized carbons (Fsp3) is 0.227. The van der Waals surface area contributed by atoms with E-state index in [4.69, 9.17) is 0 Å². The lowest BCUT2D eigenvalue weighted by Gasteiger charge is -2.24. The highest BCUT2D eigenvalue weighted by atomic mass is 16.2. The minimum Gasteiger partial charge on any atom is -0.326 e. The lowest BCUT2D eigenvalue weighted by atomic mass is 10.0. The topological polar surface area (TPSA) is 76.0 Å². The average molecular weight is 374 g/mol. The maximum atomic E-state index is 12.6. The van der Waals surface area contributed by atoms with Gasteiger partial charge in [-0.3, -0.25) is 9.59 Å². The van der Waals surface area contributed by atoms with Gasteiger partial charge in [-0.05, 0) is 36.6 Å². The summed E-state index contributed by atoms with van der Waals surface area (Å²) in [6, 6.07) is 15.7. The summed E-state index contributed by atoms with van der Waals surface area (Å²) in [5.74, 6) is -0.0995. The molecule has 6 nitrogen and oxygen atoms in total. The van der Waals surface area contributed by atoms with Crippen LogP contribution in [0.25, 0.3) is 11.1 Å². The third-order valence-electron chi connectivity index (χ3n) is 5.03. The molecule has 0 saturated heterocycles. The number of amides is 2. The summed E-state index contributed by atoms with van der Waals surface area (Å²) in [7, 11) is 0. The number of hydrogen-bond donors (Lipinski definition) is 2. The van der Waals surface area contributed by atoms with Crippen LogP contribution in [-0.4, -0.2) is 21.6 Å². The molecule has 1 atom stereocenters. The van der Waals surface area contributed by atoms with Crippen LogP contribution in [0, 0.1) is 19.8 Å². The summed E-state index contributed by atoms with van der Waals surface area (Å²) >= 11 is 0. The highest BCUT2D eigenvalue weighted by Gasteiger charge is 2.30. The van der Waals surface area contributed by atoms with Crippen LogP contribution in [0.4, 0.5) is 11.5 Å². The smallest absolute Gasteiger partial charge is 0.231 e. The van der Waals surface area contributed by atoms with Crippen LogP contribution in [0.2, 0.25) is 0 Å². The Kier molecular flexibility index (Phi) is 4.69. The minimum atomic E-state index is -0.457. The number of anilines is 2. The van der Waals surface area contributed by atoms with Gasteiger partial charge in [-0.15, -0.1) is 0 Å². The van der Waals surface area contributed by atoms with Gasteiger partial charge in [-0.2, -0.15) is 5.10 Å². The van der Waals surface area contributed by atoms with Crippen LogP contribution < -0.4 is 10.6 Å². The van der Waals surface area contributed by atoms with Crippen molar-refractivity contribution in [2.45, 2.75) is 26.8 Å². The number of carbonyl (C=O) groups excluding carboxylic acids is 2. The first-order valence-electron chi connectivity index (χ1n) is 9.30.